The monoisotopic (exact) mass is 390 g/mol. The first kappa shape index (κ1) is 18.5. The molecular weight excluding hydrogens is 372 g/mol. The second kappa shape index (κ2) is 8.37. The summed E-state index contributed by atoms with van der Waals surface area (Å²) in [7, 11) is 1.66. The second-order valence-corrected chi connectivity index (χ2v) is 7.86. The van der Waals surface area contributed by atoms with Gasteiger partial charge in [0, 0.05) is 18.5 Å². The van der Waals surface area contributed by atoms with E-state index in [1.165, 1.54) is 16.7 Å². The van der Waals surface area contributed by atoms with Crippen molar-refractivity contribution in [3.05, 3.63) is 46.7 Å². The Morgan fingerprint density at radius 2 is 2.08 bits per heavy atom. The van der Waals surface area contributed by atoms with Crippen LogP contribution in [-0.2, 0) is 25.7 Å². The number of hydrogen-bond acceptors (Lipinski definition) is 6. The topological polar surface area (TPSA) is 75.7 Å². The van der Waals surface area contributed by atoms with Crippen molar-refractivity contribution in [2.45, 2.75) is 23.1 Å². The lowest BCUT2D eigenvalue weighted by Crippen LogP contribution is -2.33. The highest BCUT2D eigenvalue weighted by Gasteiger charge is 2.29. The molecule has 1 aromatic carbocycles. The number of ether oxygens (including phenoxy) is 1. The standard InChI is InChI=1S/C18H18N2O4S2/c1-20(9-12-6-7-25-11-12)16(21)10-24-17(22)8-15-18(23)19-13-4-2-3-5-14(13)26-15/h2-7,11,15H,8-10H2,1H3,(H,19,23)/t15-/m1/s1. The van der Waals surface area contributed by atoms with Gasteiger partial charge in [-0.2, -0.15) is 11.3 Å². The lowest BCUT2D eigenvalue weighted by molar-refractivity contribution is -0.152. The first-order chi connectivity index (χ1) is 12.5. The Morgan fingerprint density at radius 3 is 2.85 bits per heavy atom. The van der Waals surface area contributed by atoms with Crippen LogP contribution in [0.1, 0.15) is 12.0 Å². The van der Waals surface area contributed by atoms with Gasteiger partial charge in [0.15, 0.2) is 6.61 Å². The molecule has 0 unspecified atom stereocenters. The SMILES string of the molecule is CN(Cc1ccsc1)C(=O)COC(=O)C[C@H]1Sc2ccccc2NC1=O. The van der Waals surface area contributed by atoms with Gasteiger partial charge in [-0.3, -0.25) is 14.4 Å². The number of esters is 1. The van der Waals surface area contributed by atoms with Gasteiger partial charge < -0.3 is 15.0 Å². The van der Waals surface area contributed by atoms with Gasteiger partial charge in [-0.25, -0.2) is 0 Å². The number of nitrogens with one attached hydrogen (secondary N) is 1. The van der Waals surface area contributed by atoms with E-state index < -0.39 is 11.2 Å². The summed E-state index contributed by atoms with van der Waals surface area (Å²) in [6.45, 7) is 0.145. The summed E-state index contributed by atoms with van der Waals surface area (Å²) in [4.78, 5) is 38.6. The van der Waals surface area contributed by atoms with E-state index in [0.717, 1.165) is 16.1 Å². The lowest BCUT2D eigenvalue weighted by Gasteiger charge is -2.23. The van der Waals surface area contributed by atoms with Crippen molar-refractivity contribution in [2.24, 2.45) is 0 Å². The fourth-order valence-electron chi connectivity index (χ4n) is 2.43. The predicted octanol–water partition coefficient (Wildman–Crippen LogP) is 2.75. The molecule has 2 amide bonds. The molecule has 1 N–H and O–H groups in total. The maximum absolute atomic E-state index is 12.1. The van der Waals surface area contributed by atoms with E-state index in [1.54, 1.807) is 18.4 Å². The van der Waals surface area contributed by atoms with E-state index in [4.69, 9.17) is 4.74 Å². The molecule has 0 fully saturated rings. The Bertz CT molecular complexity index is 807. The van der Waals surface area contributed by atoms with Crippen LogP contribution in [0.15, 0.2) is 46.0 Å². The van der Waals surface area contributed by atoms with Crippen molar-refractivity contribution in [1.29, 1.82) is 0 Å². The molecule has 0 bridgehead atoms. The normalized spacial score (nSPS) is 15.7. The largest absolute Gasteiger partial charge is 0.456 e. The molecule has 1 aliphatic heterocycles. The van der Waals surface area contributed by atoms with E-state index >= 15 is 0 Å². The molecule has 0 aliphatic carbocycles. The Hall–Kier alpha value is -2.32. The fourth-order valence-corrected chi connectivity index (χ4v) is 4.19. The van der Waals surface area contributed by atoms with Crippen molar-refractivity contribution in [2.75, 3.05) is 19.0 Å². The number of fused-ring (bicyclic) bond motifs is 1. The molecule has 0 radical (unpaired) electrons. The van der Waals surface area contributed by atoms with Crippen LogP contribution in [0.25, 0.3) is 0 Å². The van der Waals surface area contributed by atoms with Gasteiger partial charge in [-0.15, -0.1) is 11.8 Å². The summed E-state index contributed by atoms with van der Waals surface area (Å²) in [5.74, 6) is -1.07. The number of para-hydroxylation sites is 1. The zero-order chi connectivity index (χ0) is 18.5. The number of hydrogen-bond donors (Lipinski definition) is 1. The van der Waals surface area contributed by atoms with Gasteiger partial charge in [0.2, 0.25) is 5.91 Å². The van der Waals surface area contributed by atoms with E-state index in [0.29, 0.717) is 6.54 Å². The van der Waals surface area contributed by atoms with E-state index in [-0.39, 0.29) is 24.8 Å². The van der Waals surface area contributed by atoms with Crippen molar-refractivity contribution in [3.8, 4) is 0 Å². The third kappa shape index (κ3) is 4.64. The summed E-state index contributed by atoms with van der Waals surface area (Å²) in [5.41, 5.74) is 1.78. The molecule has 1 atom stereocenters. The highest BCUT2D eigenvalue weighted by molar-refractivity contribution is 8.01. The molecule has 3 rings (SSSR count). The lowest BCUT2D eigenvalue weighted by atomic mass is 10.2. The zero-order valence-electron chi connectivity index (χ0n) is 14.1. The van der Waals surface area contributed by atoms with Gasteiger partial charge in [0.05, 0.1) is 17.4 Å². The maximum atomic E-state index is 12.1. The van der Waals surface area contributed by atoms with Gasteiger partial charge in [0.1, 0.15) is 0 Å². The molecule has 1 aromatic heterocycles. The third-order valence-corrected chi connectivity index (χ3v) is 5.85. The maximum Gasteiger partial charge on any atom is 0.307 e. The molecule has 6 nitrogen and oxygen atoms in total. The number of carbonyl (C=O) groups is 3. The number of likely N-dealkylation sites (N-methyl/N-ethyl adjacent to an activating group) is 1. The highest BCUT2D eigenvalue weighted by atomic mass is 32.2. The Kier molecular flexibility index (Phi) is 5.95. The van der Waals surface area contributed by atoms with Crippen LogP contribution >= 0.6 is 23.1 Å². The number of rotatable bonds is 6. The minimum absolute atomic E-state index is 0.0770. The van der Waals surface area contributed by atoms with E-state index in [2.05, 4.69) is 5.32 Å². The predicted molar refractivity (Wildman–Crippen MR) is 101 cm³/mol. The quantitative estimate of drug-likeness (QED) is 0.768. The van der Waals surface area contributed by atoms with Crippen molar-refractivity contribution in [3.63, 3.8) is 0 Å². The van der Waals surface area contributed by atoms with Crippen LogP contribution in [-0.4, -0.2) is 41.6 Å². The van der Waals surface area contributed by atoms with Crippen LogP contribution in [0, 0.1) is 0 Å². The molecule has 0 saturated heterocycles. The number of benzene rings is 1. The van der Waals surface area contributed by atoms with E-state index in [1.807, 2.05) is 41.1 Å². The Morgan fingerprint density at radius 1 is 1.27 bits per heavy atom. The van der Waals surface area contributed by atoms with Crippen molar-refractivity contribution < 1.29 is 19.1 Å². The molecule has 0 saturated carbocycles. The van der Waals surface area contributed by atoms with Crippen molar-refractivity contribution in [1.82, 2.24) is 4.90 Å². The van der Waals surface area contributed by atoms with Crippen molar-refractivity contribution >= 4 is 46.6 Å². The minimum atomic E-state index is -0.561. The van der Waals surface area contributed by atoms with Crippen LogP contribution < -0.4 is 5.32 Å². The van der Waals surface area contributed by atoms with Crippen LogP contribution in [0.2, 0.25) is 0 Å². The van der Waals surface area contributed by atoms with Gasteiger partial charge >= 0.3 is 5.97 Å². The first-order valence-corrected chi connectivity index (χ1v) is 9.82. The number of carbonyl (C=O) groups excluding carboxylic acids is 3. The smallest absolute Gasteiger partial charge is 0.307 e. The Labute approximate surface area is 159 Å². The number of anilines is 1. The Balaban J connectivity index is 1.47. The summed E-state index contributed by atoms with van der Waals surface area (Å²) in [6.07, 6.45) is -0.0770. The van der Waals surface area contributed by atoms with Crippen LogP contribution in [0.3, 0.4) is 0 Å². The fraction of sp³-hybridized carbons (Fsp3) is 0.278. The number of thioether (sulfide) groups is 1. The number of amides is 2. The summed E-state index contributed by atoms with van der Waals surface area (Å²) < 4.78 is 5.06. The first-order valence-electron chi connectivity index (χ1n) is 8.00. The molecule has 26 heavy (non-hydrogen) atoms. The average Bonchev–Trinajstić information content (AvgIpc) is 3.13. The second-order valence-electron chi connectivity index (χ2n) is 5.84. The van der Waals surface area contributed by atoms with Crippen LogP contribution in [0.5, 0.6) is 0 Å². The minimum Gasteiger partial charge on any atom is -0.456 e. The third-order valence-electron chi connectivity index (χ3n) is 3.84. The average molecular weight is 390 g/mol. The molecule has 0 spiro atoms. The number of thiophene rings is 1. The number of nitrogens with zero attached hydrogens (tertiary/aromatic N) is 1. The molecular formula is C18H18N2O4S2. The molecule has 2 heterocycles. The summed E-state index contributed by atoms with van der Waals surface area (Å²) >= 11 is 2.89. The van der Waals surface area contributed by atoms with Crippen LogP contribution in [0.4, 0.5) is 5.69 Å². The van der Waals surface area contributed by atoms with Gasteiger partial charge in [0.25, 0.3) is 5.91 Å². The summed E-state index contributed by atoms with van der Waals surface area (Å²) in [6, 6.07) is 9.36. The molecule has 2 aromatic rings. The highest BCUT2D eigenvalue weighted by Crippen LogP contribution is 2.36. The van der Waals surface area contributed by atoms with E-state index in [9.17, 15) is 14.4 Å². The summed E-state index contributed by atoms with van der Waals surface area (Å²) in [5, 5.41) is 6.13. The molecule has 8 heteroatoms. The zero-order valence-corrected chi connectivity index (χ0v) is 15.8. The van der Waals surface area contributed by atoms with Gasteiger partial charge in [-0.1, -0.05) is 12.1 Å². The molecule has 1 aliphatic rings. The molecule has 136 valence electrons. The van der Waals surface area contributed by atoms with Gasteiger partial charge in [-0.05, 0) is 34.5 Å².